The number of nitrogens with one attached hydrogen (secondary N) is 1. The molecule has 3 nitrogen and oxygen atoms in total. The van der Waals surface area contributed by atoms with Gasteiger partial charge in [-0.2, -0.15) is 0 Å². The molecule has 0 amide bonds. The molecule has 2 heterocycles. The fourth-order valence-corrected chi connectivity index (χ4v) is 3.50. The van der Waals surface area contributed by atoms with Crippen LogP contribution in [0.1, 0.15) is 18.5 Å². The Kier molecular flexibility index (Phi) is 4.48. The Morgan fingerprint density at radius 3 is 2.88 bits per heavy atom. The van der Waals surface area contributed by atoms with E-state index >= 15 is 0 Å². The average Bonchev–Trinajstić information content (AvgIpc) is 2.31. The van der Waals surface area contributed by atoms with Crippen molar-refractivity contribution in [3.63, 3.8) is 0 Å². The predicted octanol–water partition coefficient (Wildman–Crippen LogP) is 1.33. The van der Waals surface area contributed by atoms with Gasteiger partial charge in [-0.3, -0.25) is 9.19 Å². The summed E-state index contributed by atoms with van der Waals surface area (Å²) >= 11 is 0. The maximum Gasteiger partial charge on any atom is 0.0658 e. The van der Waals surface area contributed by atoms with Crippen molar-refractivity contribution in [3.05, 3.63) is 30.1 Å². The monoisotopic (exact) mass is 238 g/mol. The van der Waals surface area contributed by atoms with Crippen molar-refractivity contribution in [2.45, 2.75) is 18.6 Å². The molecule has 1 aliphatic heterocycles. The molecular weight excluding hydrogens is 220 g/mol. The Morgan fingerprint density at radius 1 is 1.38 bits per heavy atom. The highest BCUT2D eigenvalue weighted by atomic mass is 32.2. The summed E-state index contributed by atoms with van der Waals surface area (Å²) < 4.78 is 11.9. The second kappa shape index (κ2) is 6.11. The van der Waals surface area contributed by atoms with Gasteiger partial charge in [0, 0.05) is 22.7 Å². The largest absolute Gasteiger partial charge is 0.317 e. The van der Waals surface area contributed by atoms with Gasteiger partial charge in [-0.1, -0.05) is 6.07 Å². The molecule has 88 valence electrons. The van der Waals surface area contributed by atoms with E-state index in [-0.39, 0.29) is 0 Å². The van der Waals surface area contributed by atoms with Crippen molar-refractivity contribution in [2.75, 3.05) is 18.8 Å². The van der Waals surface area contributed by atoms with Crippen LogP contribution < -0.4 is 5.32 Å². The molecule has 1 aromatic rings. The van der Waals surface area contributed by atoms with E-state index in [0.29, 0.717) is 11.7 Å². The molecule has 1 unspecified atom stereocenters. The first-order valence-electron chi connectivity index (χ1n) is 5.80. The zero-order valence-electron chi connectivity index (χ0n) is 9.39. The first-order chi connectivity index (χ1) is 7.84. The smallest absolute Gasteiger partial charge is 0.0658 e. The molecule has 0 aliphatic carbocycles. The maximum atomic E-state index is 11.9. The van der Waals surface area contributed by atoms with Crippen molar-refractivity contribution in [1.29, 1.82) is 0 Å². The number of aromatic nitrogens is 1. The highest BCUT2D eigenvalue weighted by Gasteiger charge is 2.16. The lowest BCUT2D eigenvalue weighted by Crippen LogP contribution is -2.30. The molecular formula is C12H18N2OS. The zero-order valence-corrected chi connectivity index (χ0v) is 10.2. The van der Waals surface area contributed by atoms with E-state index in [1.165, 1.54) is 0 Å². The van der Waals surface area contributed by atoms with Gasteiger partial charge in [0.25, 0.3) is 0 Å². The van der Waals surface area contributed by atoms with Crippen LogP contribution in [-0.4, -0.2) is 28.0 Å². The normalized spacial score (nSPS) is 19.5. The molecule has 0 aromatic carbocycles. The van der Waals surface area contributed by atoms with Gasteiger partial charge in [-0.05, 0) is 44.0 Å². The standard InChI is InChI=1S/C12H18N2OS/c15-16(9-11-4-7-13-8-5-11)10-12-3-1-2-6-14-12/h1-3,6,11,13H,4-5,7-10H2. The minimum atomic E-state index is -0.759. The van der Waals surface area contributed by atoms with Gasteiger partial charge in [-0.25, -0.2) is 0 Å². The minimum absolute atomic E-state index is 0.602. The summed E-state index contributed by atoms with van der Waals surface area (Å²) in [5.74, 6) is 2.06. The predicted molar refractivity (Wildman–Crippen MR) is 66.5 cm³/mol. The highest BCUT2D eigenvalue weighted by molar-refractivity contribution is 7.84. The summed E-state index contributed by atoms with van der Waals surface area (Å²) in [6.07, 6.45) is 4.08. The lowest BCUT2D eigenvalue weighted by atomic mass is 10.0. The average molecular weight is 238 g/mol. The van der Waals surface area contributed by atoms with Crippen LogP contribution in [0.25, 0.3) is 0 Å². The second-order valence-corrected chi connectivity index (χ2v) is 5.77. The molecule has 0 bridgehead atoms. The topological polar surface area (TPSA) is 42.0 Å². The number of piperidine rings is 1. The third-order valence-corrected chi connectivity index (χ3v) is 4.38. The summed E-state index contributed by atoms with van der Waals surface area (Å²) in [4.78, 5) is 4.21. The zero-order chi connectivity index (χ0) is 11.2. The van der Waals surface area contributed by atoms with E-state index in [2.05, 4.69) is 10.3 Å². The molecule has 1 N–H and O–H groups in total. The molecule has 0 spiro atoms. The number of pyridine rings is 1. The Balaban J connectivity index is 1.80. The van der Waals surface area contributed by atoms with Crippen LogP contribution in [0.2, 0.25) is 0 Å². The van der Waals surface area contributed by atoms with Gasteiger partial charge >= 0.3 is 0 Å². The minimum Gasteiger partial charge on any atom is -0.317 e. The number of rotatable bonds is 4. The molecule has 1 aliphatic rings. The third kappa shape index (κ3) is 3.68. The second-order valence-electron chi connectivity index (χ2n) is 4.27. The van der Waals surface area contributed by atoms with E-state index in [4.69, 9.17) is 0 Å². The van der Waals surface area contributed by atoms with E-state index in [1.54, 1.807) is 6.20 Å². The van der Waals surface area contributed by atoms with Crippen molar-refractivity contribution >= 4 is 10.8 Å². The molecule has 0 radical (unpaired) electrons. The maximum absolute atomic E-state index is 11.9. The summed E-state index contributed by atoms with van der Waals surface area (Å²) in [5, 5.41) is 3.33. The Morgan fingerprint density at radius 2 is 2.19 bits per heavy atom. The fraction of sp³-hybridized carbons (Fsp3) is 0.583. The molecule has 2 rings (SSSR count). The van der Waals surface area contributed by atoms with Gasteiger partial charge in [0.1, 0.15) is 0 Å². The van der Waals surface area contributed by atoms with Gasteiger partial charge in [0.05, 0.1) is 11.4 Å². The lowest BCUT2D eigenvalue weighted by molar-refractivity contribution is 0.405. The molecule has 4 heteroatoms. The van der Waals surface area contributed by atoms with Gasteiger partial charge in [0.2, 0.25) is 0 Å². The fourth-order valence-electron chi connectivity index (χ4n) is 2.02. The summed E-state index contributed by atoms with van der Waals surface area (Å²) in [6, 6.07) is 5.78. The van der Waals surface area contributed by atoms with Gasteiger partial charge < -0.3 is 5.32 Å². The quantitative estimate of drug-likeness (QED) is 0.860. The lowest BCUT2D eigenvalue weighted by Gasteiger charge is -2.21. The van der Waals surface area contributed by atoms with E-state index in [1.807, 2.05) is 18.2 Å². The SMILES string of the molecule is O=S(Cc1ccccn1)CC1CCNCC1. The van der Waals surface area contributed by atoms with Crippen LogP contribution >= 0.6 is 0 Å². The van der Waals surface area contributed by atoms with Crippen LogP contribution in [0, 0.1) is 5.92 Å². The Labute approximate surface area is 99.1 Å². The third-order valence-electron chi connectivity index (χ3n) is 2.92. The molecule has 1 fully saturated rings. The summed E-state index contributed by atoms with van der Waals surface area (Å²) in [5.41, 5.74) is 0.940. The van der Waals surface area contributed by atoms with Crippen LogP contribution in [0.3, 0.4) is 0 Å². The van der Waals surface area contributed by atoms with Crippen molar-refractivity contribution in [1.82, 2.24) is 10.3 Å². The summed E-state index contributed by atoms with van der Waals surface area (Å²) in [6.45, 7) is 2.15. The molecule has 1 aromatic heterocycles. The van der Waals surface area contributed by atoms with Crippen molar-refractivity contribution in [3.8, 4) is 0 Å². The van der Waals surface area contributed by atoms with Gasteiger partial charge in [0.15, 0.2) is 0 Å². The van der Waals surface area contributed by atoms with Crippen LogP contribution in [0.5, 0.6) is 0 Å². The van der Waals surface area contributed by atoms with Crippen LogP contribution in [-0.2, 0) is 16.6 Å². The first kappa shape index (κ1) is 11.7. The Bertz CT molecular complexity index is 336. The van der Waals surface area contributed by atoms with Crippen molar-refractivity contribution < 1.29 is 4.21 Å². The first-order valence-corrected chi connectivity index (χ1v) is 7.29. The molecule has 1 saturated heterocycles. The van der Waals surface area contributed by atoms with Crippen LogP contribution in [0.4, 0.5) is 0 Å². The van der Waals surface area contributed by atoms with Crippen LogP contribution in [0.15, 0.2) is 24.4 Å². The highest BCUT2D eigenvalue weighted by Crippen LogP contribution is 2.14. The van der Waals surface area contributed by atoms with Crippen molar-refractivity contribution in [2.24, 2.45) is 5.92 Å². The number of hydrogen-bond acceptors (Lipinski definition) is 3. The van der Waals surface area contributed by atoms with Gasteiger partial charge in [-0.15, -0.1) is 0 Å². The molecule has 16 heavy (non-hydrogen) atoms. The van der Waals surface area contributed by atoms with E-state index < -0.39 is 10.8 Å². The van der Waals surface area contributed by atoms with E-state index in [9.17, 15) is 4.21 Å². The molecule has 1 atom stereocenters. The number of nitrogens with zero attached hydrogens (tertiary/aromatic N) is 1. The van der Waals surface area contributed by atoms with E-state index in [0.717, 1.165) is 37.4 Å². The summed E-state index contributed by atoms with van der Waals surface area (Å²) in [7, 11) is -0.759. The number of hydrogen-bond donors (Lipinski definition) is 1. The Hall–Kier alpha value is -0.740. The molecule has 0 saturated carbocycles.